The molecular weight excluding hydrogens is 404 g/mol. The predicted molar refractivity (Wildman–Crippen MR) is 113 cm³/mol. The number of nitrogens with zero attached hydrogens (tertiary/aromatic N) is 4. The van der Waals surface area contributed by atoms with Crippen molar-refractivity contribution in [2.75, 3.05) is 25.5 Å². The summed E-state index contributed by atoms with van der Waals surface area (Å²) in [6, 6.07) is 5.95. The van der Waals surface area contributed by atoms with Crippen LogP contribution in [0.4, 0.5) is 5.69 Å². The topological polar surface area (TPSA) is 48.3 Å². The molecule has 4 rings (SSSR count). The molecule has 1 aromatic rings. The minimum atomic E-state index is -0.111. The van der Waals surface area contributed by atoms with Gasteiger partial charge in [-0.05, 0) is 36.1 Å². The van der Waals surface area contributed by atoms with Gasteiger partial charge >= 0.3 is 0 Å². The molecule has 0 fully saturated rings. The number of hydrogen-bond acceptors (Lipinski definition) is 4. The first-order chi connectivity index (χ1) is 12.9. The second-order valence-corrected chi connectivity index (χ2v) is 8.13. The summed E-state index contributed by atoms with van der Waals surface area (Å²) < 4.78 is 0.957. The highest BCUT2D eigenvalue weighted by Gasteiger charge is 2.35. The molecule has 1 aliphatic carbocycles. The zero-order chi connectivity index (χ0) is 19.1. The number of carbonyl (C=O) groups excluding carboxylic acids is 1. The molecule has 0 aromatic heterocycles. The van der Waals surface area contributed by atoms with Crippen molar-refractivity contribution in [2.45, 2.75) is 13.3 Å². The van der Waals surface area contributed by atoms with E-state index in [4.69, 9.17) is 4.99 Å². The molecular formula is C21H21BrN4O. The molecule has 5 nitrogen and oxygen atoms in total. The van der Waals surface area contributed by atoms with Crippen LogP contribution in [-0.2, 0) is 4.79 Å². The Balaban J connectivity index is 1.87. The van der Waals surface area contributed by atoms with Crippen LogP contribution in [0.2, 0.25) is 0 Å². The molecule has 1 unspecified atom stereocenters. The molecule has 6 heteroatoms. The van der Waals surface area contributed by atoms with E-state index >= 15 is 0 Å². The summed E-state index contributed by atoms with van der Waals surface area (Å²) in [6.45, 7) is 2.57. The number of aliphatic imine (C=N–C) groups is 2. The Hall–Kier alpha value is -2.47. The number of amidine groups is 1. The van der Waals surface area contributed by atoms with E-state index in [9.17, 15) is 4.79 Å². The quantitative estimate of drug-likeness (QED) is 0.675. The fraction of sp³-hybridized carbons (Fsp3) is 0.286. The molecule has 2 aliphatic heterocycles. The highest BCUT2D eigenvalue weighted by atomic mass is 79.9. The molecule has 138 valence electrons. The minimum Gasteiger partial charge on any atom is -0.382 e. The summed E-state index contributed by atoms with van der Waals surface area (Å²) in [5, 5.41) is 0. The number of hydrogen-bond donors (Lipinski definition) is 0. The zero-order valence-corrected chi connectivity index (χ0v) is 17.2. The van der Waals surface area contributed by atoms with E-state index in [1.807, 2.05) is 37.2 Å². The lowest BCUT2D eigenvalue weighted by atomic mass is 9.91. The predicted octanol–water partition coefficient (Wildman–Crippen LogP) is 3.92. The van der Waals surface area contributed by atoms with E-state index in [0.717, 1.165) is 33.4 Å². The highest BCUT2D eigenvalue weighted by molar-refractivity contribution is 9.10. The molecule has 0 spiro atoms. The Morgan fingerprint density at radius 2 is 2.15 bits per heavy atom. The van der Waals surface area contributed by atoms with Gasteiger partial charge in [-0.2, -0.15) is 0 Å². The van der Waals surface area contributed by atoms with Gasteiger partial charge < -0.3 is 4.90 Å². The standard InChI is InChI=1S/C21H21BrN4O/c1-13-5-4-6-14(9-13)20-16-10-15(22)7-8-18(16)26-19(11-23-20)24-17(21(26)27)12-25(2)3/h4,6-10,12-13H,5,11H2,1-3H3/b17-12-. The number of anilines is 1. The van der Waals surface area contributed by atoms with Crippen LogP contribution in [0, 0.1) is 5.92 Å². The maximum atomic E-state index is 13.0. The molecule has 0 radical (unpaired) electrons. The second kappa shape index (κ2) is 6.93. The summed E-state index contributed by atoms with van der Waals surface area (Å²) in [7, 11) is 3.77. The van der Waals surface area contributed by atoms with Gasteiger partial charge in [0.25, 0.3) is 5.91 Å². The number of halogens is 1. The summed E-state index contributed by atoms with van der Waals surface area (Å²) in [6.07, 6.45) is 9.36. The molecule has 0 bridgehead atoms. The molecule has 1 amide bonds. The first-order valence-electron chi connectivity index (χ1n) is 8.97. The van der Waals surface area contributed by atoms with Gasteiger partial charge in [-0.3, -0.25) is 14.7 Å². The minimum absolute atomic E-state index is 0.111. The molecule has 1 atom stereocenters. The normalized spacial score (nSPS) is 22.7. The van der Waals surface area contributed by atoms with Crippen LogP contribution >= 0.6 is 15.9 Å². The average molecular weight is 425 g/mol. The largest absolute Gasteiger partial charge is 0.382 e. The third kappa shape index (κ3) is 3.30. The SMILES string of the molecule is CC1C=C(C2=NCC3=N/C(=C\N(C)C)C(=O)N3c3ccc(Br)cc32)C=CC1. The van der Waals surface area contributed by atoms with E-state index < -0.39 is 0 Å². The molecule has 1 aromatic carbocycles. The van der Waals surface area contributed by atoms with Crippen molar-refractivity contribution >= 4 is 39.1 Å². The number of amides is 1. The second-order valence-electron chi connectivity index (χ2n) is 7.21. The van der Waals surface area contributed by atoms with Crippen LogP contribution < -0.4 is 4.90 Å². The summed E-state index contributed by atoms with van der Waals surface area (Å²) in [4.78, 5) is 26.0. The van der Waals surface area contributed by atoms with Gasteiger partial charge in [-0.25, -0.2) is 4.99 Å². The molecule has 2 heterocycles. The summed E-state index contributed by atoms with van der Waals surface area (Å²) in [5.41, 5.74) is 4.23. The van der Waals surface area contributed by atoms with Crippen molar-refractivity contribution in [3.8, 4) is 0 Å². The number of allylic oxidation sites excluding steroid dienone is 4. The first kappa shape index (κ1) is 17.9. The van der Waals surface area contributed by atoms with Crippen LogP contribution in [0.3, 0.4) is 0 Å². The Bertz CT molecular complexity index is 968. The first-order valence-corrected chi connectivity index (χ1v) is 9.76. The van der Waals surface area contributed by atoms with Gasteiger partial charge in [-0.1, -0.05) is 41.1 Å². The van der Waals surface area contributed by atoms with Crippen LogP contribution in [0.1, 0.15) is 18.9 Å². The average Bonchev–Trinajstić information content (AvgIpc) is 2.82. The Morgan fingerprint density at radius 1 is 1.33 bits per heavy atom. The van der Waals surface area contributed by atoms with Gasteiger partial charge in [0.2, 0.25) is 0 Å². The van der Waals surface area contributed by atoms with E-state index in [2.05, 4.69) is 46.1 Å². The number of carbonyl (C=O) groups is 1. The fourth-order valence-corrected chi connectivity index (χ4v) is 3.89. The van der Waals surface area contributed by atoms with Crippen LogP contribution in [-0.4, -0.2) is 43.0 Å². The molecule has 3 aliphatic rings. The fourth-order valence-electron chi connectivity index (χ4n) is 3.52. The van der Waals surface area contributed by atoms with E-state index in [1.165, 1.54) is 0 Å². The van der Waals surface area contributed by atoms with Gasteiger partial charge in [-0.15, -0.1) is 0 Å². The monoisotopic (exact) mass is 424 g/mol. The lowest BCUT2D eigenvalue weighted by molar-refractivity contribution is -0.114. The molecule has 27 heavy (non-hydrogen) atoms. The Morgan fingerprint density at radius 3 is 2.89 bits per heavy atom. The van der Waals surface area contributed by atoms with E-state index in [0.29, 0.717) is 24.0 Å². The van der Waals surface area contributed by atoms with Gasteiger partial charge in [0.05, 0.1) is 17.9 Å². The van der Waals surface area contributed by atoms with Crippen molar-refractivity contribution in [2.24, 2.45) is 15.9 Å². The van der Waals surface area contributed by atoms with Gasteiger partial charge in [0, 0.05) is 30.3 Å². The number of rotatable bonds is 2. The highest BCUT2D eigenvalue weighted by Crippen LogP contribution is 2.34. The van der Waals surface area contributed by atoms with Crippen LogP contribution in [0.25, 0.3) is 0 Å². The van der Waals surface area contributed by atoms with Crippen molar-refractivity contribution in [3.05, 3.63) is 63.9 Å². The van der Waals surface area contributed by atoms with Crippen LogP contribution in [0.5, 0.6) is 0 Å². The van der Waals surface area contributed by atoms with Gasteiger partial charge in [0.1, 0.15) is 11.5 Å². The Kier molecular flexibility index (Phi) is 4.60. The molecule has 0 saturated carbocycles. The molecule has 0 saturated heterocycles. The number of fused-ring (bicyclic) bond motifs is 3. The maximum Gasteiger partial charge on any atom is 0.284 e. The lowest BCUT2D eigenvalue weighted by Gasteiger charge is -2.20. The third-order valence-electron chi connectivity index (χ3n) is 4.69. The summed E-state index contributed by atoms with van der Waals surface area (Å²) >= 11 is 3.57. The Labute approximate surface area is 167 Å². The van der Waals surface area contributed by atoms with Crippen molar-refractivity contribution in [1.82, 2.24) is 4.90 Å². The van der Waals surface area contributed by atoms with Crippen molar-refractivity contribution in [3.63, 3.8) is 0 Å². The van der Waals surface area contributed by atoms with Crippen molar-refractivity contribution < 1.29 is 4.79 Å². The zero-order valence-electron chi connectivity index (χ0n) is 15.6. The van der Waals surface area contributed by atoms with E-state index in [1.54, 1.807) is 11.1 Å². The van der Waals surface area contributed by atoms with Crippen molar-refractivity contribution in [1.29, 1.82) is 0 Å². The van der Waals surface area contributed by atoms with Gasteiger partial charge in [0.15, 0.2) is 0 Å². The maximum absolute atomic E-state index is 13.0. The smallest absolute Gasteiger partial charge is 0.284 e. The number of benzene rings is 1. The van der Waals surface area contributed by atoms with E-state index in [-0.39, 0.29) is 5.91 Å². The molecule has 0 N–H and O–H groups in total. The third-order valence-corrected chi connectivity index (χ3v) is 5.18. The summed E-state index contributed by atoms with van der Waals surface area (Å²) in [5.74, 6) is 1.03. The lowest BCUT2D eigenvalue weighted by Crippen LogP contribution is -2.33. The van der Waals surface area contributed by atoms with Crippen LogP contribution in [0.15, 0.2) is 68.4 Å².